The predicted molar refractivity (Wildman–Crippen MR) is 108 cm³/mol. The van der Waals surface area contributed by atoms with Crippen LogP contribution >= 0.6 is 0 Å². The maximum absolute atomic E-state index is 5.75. The van der Waals surface area contributed by atoms with E-state index in [1.807, 2.05) is 0 Å². The highest BCUT2D eigenvalue weighted by Crippen LogP contribution is 2.44. The van der Waals surface area contributed by atoms with Crippen molar-refractivity contribution in [2.45, 2.75) is 38.0 Å². The number of nitrogens with one attached hydrogen (secondary N) is 1. The minimum atomic E-state index is 0.368. The Labute approximate surface area is 161 Å². The molecule has 27 heavy (non-hydrogen) atoms. The van der Waals surface area contributed by atoms with Crippen LogP contribution in [0.1, 0.15) is 41.0 Å². The van der Waals surface area contributed by atoms with Crippen molar-refractivity contribution in [3.05, 3.63) is 52.6 Å². The third kappa shape index (κ3) is 3.27. The van der Waals surface area contributed by atoms with Crippen molar-refractivity contribution in [1.82, 2.24) is 4.90 Å². The summed E-state index contributed by atoms with van der Waals surface area (Å²) in [5, 5.41) is 3.44. The summed E-state index contributed by atoms with van der Waals surface area (Å²) < 4.78 is 11.3. The van der Waals surface area contributed by atoms with E-state index in [0.29, 0.717) is 12.7 Å². The van der Waals surface area contributed by atoms with E-state index in [0.717, 1.165) is 50.4 Å². The number of hydrogen-bond acceptors (Lipinski definition) is 4. The Morgan fingerprint density at radius 3 is 3.07 bits per heavy atom. The molecule has 0 spiro atoms. The molecule has 3 aliphatic rings. The molecule has 0 bridgehead atoms. The average molecular weight is 364 g/mol. The molecule has 1 atom stereocenters. The zero-order valence-corrected chi connectivity index (χ0v) is 16.1. The van der Waals surface area contributed by atoms with Crippen molar-refractivity contribution in [1.29, 1.82) is 0 Å². The zero-order valence-electron chi connectivity index (χ0n) is 16.1. The maximum Gasteiger partial charge on any atom is 0.231 e. The van der Waals surface area contributed by atoms with Crippen LogP contribution in [0.4, 0.5) is 5.69 Å². The van der Waals surface area contributed by atoms with Crippen LogP contribution < -0.4 is 14.8 Å². The van der Waals surface area contributed by atoms with Gasteiger partial charge in [0.2, 0.25) is 6.79 Å². The third-order valence-corrected chi connectivity index (χ3v) is 6.29. The molecule has 0 fully saturated rings. The second-order valence-corrected chi connectivity index (χ2v) is 8.14. The fourth-order valence-corrected chi connectivity index (χ4v) is 4.86. The highest BCUT2D eigenvalue weighted by molar-refractivity contribution is 5.56. The third-order valence-electron chi connectivity index (χ3n) is 6.29. The van der Waals surface area contributed by atoms with Gasteiger partial charge in [0.05, 0.1) is 0 Å². The van der Waals surface area contributed by atoms with Crippen LogP contribution in [0.25, 0.3) is 0 Å². The van der Waals surface area contributed by atoms with E-state index in [4.69, 9.17) is 9.47 Å². The molecule has 4 nitrogen and oxygen atoms in total. The summed E-state index contributed by atoms with van der Waals surface area (Å²) in [4.78, 5) is 2.50. The summed E-state index contributed by atoms with van der Waals surface area (Å²) in [6, 6.07) is 11.3. The van der Waals surface area contributed by atoms with E-state index in [-0.39, 0.29) is 0 Å². The van der Waals surface area contributed by atoms with Crippen molar-refractivity contribution in [3.8, 4) is 11.5 Å². The molecule has 4 heteroatoms. The molecule has 5 rings (SSSR count). The number of benzene rings is 2. The van der Waals surface area contributed by atoms with Gasteiger partial charge in [0.15, 0.2) is 11.5 Å². The number of nitrogens with zero attached hydrogens (tertiary/aromatic N) is 1. The Bertz CT molecular complexity index is 849. The SMILES string of the molecule is CN(CCc1ccc2c(c1)CCN2)C[C@@H]1CCCc2c1ccc1c2OCO1. The van der Waals surface area contributed by atoms with Crippen LogP contribution in [0.5, 0.6) is 11.5 Å². The molecule has 142 valence electrons. The Kier molecular flexibility index (Phi) is 4.44. The van der Waals surface area contributed by atoms with Gasteiger partial charge in [-0.1, -0.05) is 18.2 Å². The highest BCUT2D eigenvalue weighted by Gasteiger charge is 2.28. The lowest BCUT2D eigenvalue weighted by atomic mass is 9.82. The quantitative estimate of drug-likeness (QED) is 0.870. The van der Waals surface area contributed by atoms with E-state index in [1.54, 1.807) is 0 Å². The van der Waals surface area contributed by atoms with Crippen molar-refractivity contribution in [3.63, 3.8) is 0 Å². The van der Waals surface area contributed by atoms with Gasteiger partial charge in [0.1, 0.15) is 0 Å². The molecule has 0 unspecified atom stereocenters. The first-order valence-electron chi connectivity index (χ1n) is 10.2. The summed E-state index contributed by atoms with van der Waals surface area (Å²) in [6.07, 6.45) is 5.90. The van der Waals surface area contributed by atoms with E-state index in [1.165, 1.54) is 40.8 Å². The summed E-state index contributed by atoms with van der Waals surface area (Å²) >= 11 is 0. The number of rotatable bonds is 5. The van der Waals surface area contributed by atoms with Crippen LogP contribution in [0.3, 0.4) is 0 Å². The molecular formula is C23H28N2O2. The van der Waals surface area contributed by atoms with Crippen LogP contribution in [0, 0.1) is 0 Å². The fraction of sp³-hybridized carbons (Fsp3) is 0.478. The van der Waals surface area contributed by atoms with Crippen LogP contribution in [-0.2, 0) is 19.3 Å². The zero-order chi connectivity index (χ0) is 18.2. The molecule has 0 amide bonds. The normalized spacial score (nSPS) is 19.7. The van der Waals surface area contributed by atoms with Crippen molar-refractivity contribution >= 4 is 5.69 Å². The molecule has 0 radical (unpaired) electrons. The maximum atomic E-state index is 5.75. The van der Waals surface area contributed by atoms with Crippen molar-refractivity contribution in [2.24, 2.45) is 0 Å². The Hall–Kier alpha value is -2.20. The van der Waals surface area contributed by atoms with Gasteiger partial charge in [0, 0.05) is 30.9 Å². The fourth-order valence-electron chi connectivity index (χ4n) is 4.86. The second-order valence-electron chi connectivity index (χ2n) is 8.14. The lowest BCUT2D eigenvalue weighted by Gasteiger charge is -2.30. The molecule has 1 aliphatic carbocycles. The van der Waals surface area contributed by atoms with E-state index in [9.17, 15) is 0 Å². The van der Waals surface area contributed by atoms with Gasteiger partial charge in [-0.05, 0) is 73.9 Å². The first-order chi connectivity index (χ1) is 13.3. The van der Waals surface area contributed by atoms with Crippen LogP contribution in [0.2, 0.25) is 0 Å². The molecular weight excluding hydrogens is 336 g/mol. The smallest absolute Gasteiger partial charge is 0.231 e. The predicted octanol–water partition coefficient (Wildman–Crippen LogP) is 3.98. The Balaban J connectivity index is 1.24. The standard InChI is InChI=1S/C23H28N2O2/c1-25(12-10-16-5-7-21-17(13-16)9-11-24-21)14-18-3-2-4-20-19(18)6-8-22-23(20)27-15-26-22/h5-8,13,18,24H,2-4,9-12,14-15H2,1H3/t18-/m0/s1. The Morgan fingerprint density at radius 1 is 1.15 bits per heavy atom. The molecule has 2 aliphatic heterocycles. The lowest BCUT2D eigenvalue weighted by molar-refractivity contribution is 0.173. The van der Waals surface area contributed by atoms with Gasteiger partial charge < -0.3 is 19.7 Å². The molecule has 2 aromatic rings. The van der Waals surface area contributed by atoms with Gasteiger partial charge in [-0.3, -0.25) is 0 Å². The van der Waals surface area contributed by atoms with Crippen molar-refractivity contribution in [2.75, 3.05) is 38.8 Å². The van der Waals surface area contributed by atoms with E-state index >= 15 is 0 Å². The highest BCUT2D eigenvalue weighted by atomic mass is 16.7. The first kappa shape index (κ1) is 16.9. The molecule has 1 N–H and O–H groups in total. The molecule has 2 aromatic carbocycles. The van der Waals surface area contributed by atoms with Crippen molar-refractivity contribution < 1.29 is 9.47 Å². The minimum absolute atomic E-state index is 0.368. The Morgan fingerprint density at radius 2 is 2.11 bits per heavy atom. The van der Waals surface area contributed by atoms with Crippen LogP contribution in [0.15, 0.2) is 30.3 Å². The number of anilines is 1. The number of fused-ring (bicyclic) bond motifs is 4. The monoisotopic (exact) mass is 364 g/mol. The second kappa shape index (κ2) is 7.08. The van der Waals surface area contributed by atoms with E-state index in [2.05, 4.69) is 47.6 Å². The average Bonchev–Trinajstić information content (AvgIpc) is 3.35. The summed E-state index contributed by atoms with van der Waals surface area (Å²) in [5.41, 5.74) is 7.12. The van der Waals surface area contributed by atoms with E-state index < -0.39 is 0 Å². The summed E-state index contributed by atoms with van der Waals surface area (Å²) in [5.74, 6) is 2.53. The van der Waals surface area contributed by atoms with Gasteiger partial charge in [-0.25, -0.2) is 0 Å². The number of likely N-dealkylation sites (N-methyl/N-ethyl adjacent to an activating group) is 1. The molecule has 0 aromatic heterocycles. The lowest BCUT2D eigenvalue weighted by Crippen LogP contribution is -2.28. The topological polar surface area (TPSA) is 33.7 Å². The summed E-state index contributed by atoms with van der Waals surface area (Å²) in [6.45, 7) is 3.66. The van der Waals surface area contributed by atoms with Gasteiger partial charge in [0.25, 0.3) is 0 Å². The molecule has 0 saturated carbocycles. The molecule has 0 saturated heterocycles. The first-order valence-corrected chi connectivity index (χ1v) is 10.2. The number of hydrogen-bond donors (Lipinski definition) is 1. The molecule has 2 heterocycles. The summed E-state index contributed by atoms with van der Waals surface area (Å²) in [7, 11) is 2.26. The number of ether oxygens (including phenoxy) is 2. The van der Waals surface area contributed by atoms with Gasteiger partial charge >= 0.3 is 0 Å². The van der Waals surface area contributed by atoms with Gasteiger partial charge in [-0.2, -0.15) is 0 Å². The van der Waals surface area contributed by atoms with Gasteiger partial charge in [-0.15, -0.1) is 0 Å². The van der Waals surface area contributed by atoms with Crippen LogP contribution in [-0.4, -0.2) is 38.4 Å². The minimum Gasteiger partial charge on any atom is -0.454 e. The largest absolute Gasteiger partial charge is 0.454 e.